The second-order valence-corrected chi connectivity index (χ2v) is 3.22. The minimum Gasteiger partial charge on any atom is -0.391 e. The molecule has 0 spiro atoms. The Morgan fingerprint density at radius 1 is 1.36 bits per heavy atom. The summed E-state index contributed by atoms with van der Waals surface area (Å²) in [5, 5.41) is 27.4. The van der Waals surface area contributed by atoms with E-state index in [0.29, 0.717) is 0 Å². The zero-order valence-electron chi connectivity index (χ0n) is 6.08. The fraction of sp³-hybridized carbons (Fsp3) is 1.00. The minimum absolute atomic E-state index is 0.704. The van der Waals surface area contributed by atoms with Crippen molar-refractivity contribution in [2.45, 2.75) is 36.8 Å². The normalized spacial score (nSPS) is 47.7. The highest BCUT2D eigenvalue weighted by Crippen LogP contribution is 2.25. The Morgan fingerprint density at radius 2 is 1.91 bits per heavy atom. The summed E-state index contributed by atoms with van der Waals surface area (Å²) in [6.07, 6.45) is -3.58. The summed E-state index contributed by atoms with van der Waals surface area (Å²) < 4.78 is 4.96. The van der Waals surface area contributed by atoms with E-state index in [1.54, 1.807) is 0 Å². The fourth-order valence-electron chi connectivity index (χ4n) is 1.08. The van der Waals surface area contributed by atoms with Crippen LogP contribution < -0.4 is 0 Å². The lowest BCUT2D eigenvalue weighted by molar-refractivity contribution is -0.0458. The Hall–Kier alpha value is 0.190. The van der Waals surface area contributed by atoms with Gasteiger partial charge in [-0.05, 0) is 6.92 Å². The molecule has 1 heterocycles. The van der Waals surface area contributed by atoms with Crippen molar-refractivity contribution in [2.24, 2.45) is 0 Å². The quantitative estimate of drug-likeness (QED) is 0.380. The molecular formula is C6H12O4S. The molecule has 1 saturated heterocycles. The Balaban J connectivity index is 2.59. The molecule has 66 valence electrons. The first-order chi connectivity index (χ1) is 5.04. The van der Waals surface area contributed by atoms with Crippen LogP contribution in [-0.4, -0.2) is 45.2 Å². The standard InChI is InChI=1S/C6H12O4S/c1-2(7)5-3(8)4(9)6(11)10-5/h2-9,11H,1H3/t2?,3-,4+,5+,6+/m0/s1. The number of rotatable bonds is 1. The van der Waals surface area contributed by atoms with Gasteiger partial charge in [0.15, 0.2) is 0 Å². The predicted molar refractivity (Wildman–Crippen MR) is 41.3 cm³/mol. The number of aliphatic hydroxyl groups excluding tert-OH is 3. The molecule has 1 aliphatic heterocycles. The summed E-state index contributed by atoms with van der Waals surface area (Å²) in [7, 11) is 0. The van der Waals surface area contributed by atoms with Gasteiger partial charge in [-0.1, -0.05) is 0 Å². The maximum absolute atomic E-state index is 9.21. The third kappa shape index (κ3) is 1.68. The van der Waals surface area contributed by atoms with Crippen LogP contribution in [0.15, 0.2) is 0 Å². The number of ether oxygens (including phenoxy) is 1. The molecule has 0 amide bonds. The van der Waals surface area contributed by atoms with Crippen LogP contribution in [0.2, 0.25) is 0 Å². The highest BCUT2D eigenvalue weighted by atomic mass is 32.1. The van der Waals surface area contributed by atoms with Gasteiger partial charge in [-0.25, -0.2) is 0 Å². The van der Waals surface area contributed by atoms with Crippen molar-refractivity contribution in [3.8, 4) is 0 Å². The van der Waals surface area contributed by atoms with Gasteiger partial charge in [0.25, 0.3) is 0 Å². The number of hydrogen-bond donors (Lipinski definition) is 4. The van der Waals surface area contributed by atoms with Crippen LogP contribution in [0.1, 0.15) is 6.92 Å². The van der Waals surface area contributed by atoms with E-state index in [4.69, 9.17) is 14.9 Å². The molecule has 5 atom stereocenters. The van der Waals surface area contributed by atoms with Crippen LogP contribution in [0, 0.1) is 0 Å². The zero-order chi connectivity index (χ0) is 8.59. The van der Waals surface area contributed by atoms with Crippen molar-refractivity contribution in [1.29, 1.82) is 0 Å². The first-order valence-electron chi connectivity index (χ1n) is 3.41. The van der Waals surface area contributed by atoms with E-state index < -0.39 is 29.9 Å². The van der Waals surface area contributed by atoms with E-state index in [1.165, 1.54) is 6.92 Å². The summed E-state index contributed by atoms with van der Waals surface area (Å²) in [4.78, 5) is 0. The van der Waals surface area contributed by atoms with Crippen LogP contribution in [-0.2, 0) is 4.74 Å². The van der Waals surface area contributed by atoms with Crippen molar-refractivity contribution in [1.82, 2.24) is 0 Å². The molecule has 0 aliphatic carbocycles. The van der Waals surface area contributed by atoms with E-state index in [-0.39, 0.29) is 0 Å². The van der Waals surface area contributed by atoms with Gasteiger partial charge in [-0.2, -0.15) is 0 Å². The second kappa shape index (κ2) is 3.28. The largest absolute Gasteiger partial charge is 0.391 e. The van der Waals surface area contributed by atoms with Crippen LogP contribution >= 0.6 is 12.6 Å². The van der Waals surface area contributed by atoms with Crippen molar-refractivity contribution in [3.63, 3.8) is 0 Å². The third-order valence-corrected chi connectivity index (χ3v) is 2.18. The monoisotopic (exact) mass is 180 g/mol. The molecule has 5 heteroatoms. The van der Waals surface area contributed by atoms with E-state index in [9.17, 15) is 5.11 Å². The van der Waals surface area contributed by atoms with E-state index in [2.05, 4.69) is 12.6 Å². The number of thiol groups is 1. The zero-order valence-corrected chi connectivity index (χ0v) is 6.98. The van der Waals surface area contributed by atoms with Crippen molar-refractivity contribution in [2.75, 3.05) is 0 Å². The molecule has 3 N–H and O–H groups in total. The molecule has 1 unspecified atom stereocenters. The van der Waals surface area contributed by atoms with Gasteiger partial charge in [-0.15, -0.1) is 12.6 Å². The Labute approximate surface area is 70.2 Å². The number of aliphatic hydroxyl groups is 3. The summed E-state index contributed by atoms with van der Waals surface area (Å²) in [5.74, 6) is 0. The summed E-state index contributed by atoms with van der Waals surface area (Å²) >= 11 is 3.86. The van der Waals surface area contributed by atoms with Crippen molar-refractivity contribution >= 4 is 12.6 Å². The average molecular weight is 180 g/mol. The summed E-state index contributed by atoms with van der Waals surface area (Å²) in [6.45, 7) is 1.49. The van der Waals surface area contributed by atoms with E-state index in [0.717, 1.165) is 0 Å². The van der Waals surface area contributed by atoms with Crippen LogP contribution in [0.4, 0.5) is 0 Å². The number of hydrogen-bond acceptors (Lipinski definition) is 5. The maximum Gasteiger partial charge on any atom is 0.129 e. The molecule has 0 bridgehead atoms. The molecule has 0 aromatic rings. The molecule has 0 aromatic heterocycles. The lowest BCUT2D eigenvalue weighted by Crippen LogP contribution is -2.37. The highest BCUT2D eigenvalue weighted by Gasteiger charge is 2.42. The van der Waals surface area contributed by atoms with Gasteiger partial charge >= 0.3 is 0 Å². The smallest absolute Gasteiger partial charge is 0.129 e. The van der Waals surface area contributed by atoms with Crippen LogP contribution in [0.5, 0.6) is 0 Å². The molecule has 1 aliphatic rings. The molecule has 1 fully saturated rings. The van der Waals surface area contributed by atoms with Crippen LogP contribution in [0.3, 0.4) is 0 Å². The Kier molecular flexibility index (Phi) is 2.77. The summed E-state index contributed by atoms with van der Waals surface area (Å²) in [5.41, 5.74) is -0.704. The van der Waals surface area contributed by atoms with Gasteiger partial charge in [0, 0.05) is 0 Å². The SMILES string of the molecule is CC(O)[C@H]1O[C@H](S)[C@H](O)[C@@H]1O. The fourth-order valence-corrected chi connectivity index (χ4v) is 1.40. The first-order valence-corrected chi connectivity index (χ1v) is 3.93. The molecule has 0 saturated carbocycles. The highest BCUT2D eigenvalue weighted by molar-refractivity contribution is 7.80. The van der Waals surface area contributed by atoms with E-state index >= 15 is 0 Å². The minimum atomic E-state index is -1.04. The van der Waals surface area contributed by atoms with E-state index in [1.807, 2.05) is 0 Å². The van der Waals surface area contributed by atoms with Gasteiger partial charge in [-0.3, -0.25) is 0 Å². The molecule has 4 nitrogen and oxygen atoms in total. The summed E-state index contributed by atoms with van der Waals surface area (Å²) in [6, 6.07) is 0. The van der Waals surface area contributed by atoms with Gasteiger partial charge in [0.05, 0.1) is 6.10 Å². The molecule has 11 heavy (non-hydrogen) atoms. The Bertz CT molecular complexity index is 141. The lowest BCUT2D eigenvalue weighted by Gasteiger charge is -2.16. The van der Waals surface area contributed by atoms with Crippen molar-refractivity contribution < 1.29 is 20.1 Å². The molecule has 0 aromatic carbocycles. The van der Waals surface area contributed by atoms with Gasteiger partial charge in [0.2, 0.25) is 0 Å². The first kappa shape index (κ1) is 9.28. The lowest BCUT2D eigenvalue weighted by atomic mass is 10.1. The predicted octanol–water partition coefficient (Wildman–Crippen LogP) is -1.26. The van der Waals surface area contributed by atoms with Gasteiger partial charge in [0.1, 0.15) is 23.7 Å². The molecule has 1 rings (SSSR count). The van der Waals surface area contributed by atoms with Crippen LogP contribution in [0.25, 0.3) is 0 Å². The molecule has 0 radical (unpaired) electrons. The maximum atomic E-state index is 9.21. The Morgan fingerprint density at radius 3 is 2.09 bits per heavy atom. The second-order valence-electron chi connectivity index (χ2n) is 2.71. The average Bonchev–Trinajstić information content (AvgIpc) is 2.17. The topological polar surface area (TPSA) is 69.9 Å². The third-order valence-electron chi connectivity index (χ3n) is 1.75. The van der Waals surface area contributed by atoms with Gasteiger partial charge < -0.3 is 20.1 Å². The molecular weight excluding hydrogens is 168 g/mol. The van der Waals surface area contributed by atoms with Crippen molar-refractivity contribution in [3.05, 3.63) is 0 Å².